The zero-order valence-corrected chi connectivity index (χ0v) is 10.1. The van der Waals surface area contributed by atoms with E-state index in [1.54, 1.807) is 19.3 Å². The van der Waals surface area contributed by atoms with Gasteiger partial charge in [0.25, 0.3) is 0 Å². The molecule has 3 atom stereocenters. The molecule has 3 saturated carbocycles. The Balaban J connectivity index is 1.62. The van der Waals surface area contributed by atoms with E-state index in [4.69, 9.17) is 0 Å². The maximum absolute atomic E-state index is 2.42. The fourth-order valence-corrected chi connectivity index (χ4v) is 4.85. The smallest absolute Gasteiger partial charge is 0.0258 e. The number of hydrogen-bond donors (Lipinski definition) is 0. The molecule has 80 valence electrons. The van der Waals surface area contributed by atoms with Crippen molar-refractivity contribution in [1.29, 1.82) is 0 Å². The van der Waals surface area contributed by atoms with Crippen molar-refractivity contribution in [2.45, 2.75) is 47.0 Å². The van der Waals surface area contributed by atoms with Gasteiger partial charge >= 0.3 is 0 Å². The first kappa shape index (κ1) is 9.24. The van der Waals surface area contributed by atoms with Crippen molar-refractivity contribution in [2.75, 3.05) is 0 Å². The van der Waals surface area contributed by atoms with Crippen LogP contribution in [-0.2, 0) is 0 Å². The van der Waals surface area contributed by atoms with Gasteiger partial charge in [0.05, 0.1) is 0 Å². The molecule has 0 nitrogen and oxygen atoms in total. The predicted octanol–water partition coefficient (Wildman–Crippen LogP) is 3.96. The lowest BCUT2D eigenvalue weighted by molar-refractivity contribution is 0.320. The SMILES string of the molecule is CC(C)C1C2CC3(CC21)CC3C(C)C. The first-order valence-corrected chi connectivity index (χ1v) is 6.55. The van der Waals surface area contributed by atoms with E-state index < -0.39 is 0 Å². The Morgan fingerprint density at radius 1 is 0.857 bits per heavy atom. The molecule has 3 aliphatic rings. The van der Waals surface area contributed by atoms with E-state index in [9.17, 15) is 0 Å². The zero-order chi connectivity index (χ0) is 10.1. The molecule has 0 heterocycles. The average Bonchev–Trinajstić information content (AvgIpc) is 2.89. The van der Waals surface area contributed by atoms with E-state index in [0.717, 1.165) is 40.9 Å². The van der Waals surface area contributed by atoms with E-state index in [2.05, 4.69) is 27.7 Å². The molecule has 0 bridgehead atoms. The van der Waals surface area contributed by atoms with E-state index >= 15 is 0 Å². The van der Waals surface area contributed by atoms with Gasteiger partial charge in [-0.1, -0.05) is 27.7 Å². The average molecular weight is 192 g/mol. The van der Waals surface area contributed by atoms with Gasteiger partial charge in [0.1, 0.15) is 0 Å². The summed E-state index contributed by atoms with van der Waals surface area (Å²) in [5.74, 6) is 6.43. The minimum atomic E-state index is 0.870. The van der Waals surface area contributed by atoms with Crippen molar-refractivity contribution in [3.05, 3.63) is 0 Å². The van der Waals surface area contributed by atoms with Crippen LogP contribution in [0.25, 0.3) is 0 Å². The fourth-order valence-electron chi connectivity index (χ4n) is 4.85. The van der Waals surface area contributed by atoms with Gasteiger partial charge in [-0.3, -0.25) is 0 Å². The lowest BCUT2D eigenvalue weighted by atomic mass is 9.88. The summed E-state index contributed by atoms with van der Waals surface area (Å²) in [7, 11) is 0. The van der Waals surface area contributed by atoms with E-state index in [0.29, 0.717) is 0 Å². The van der Waals surface area contributed by atoms with Crippen LogP contribution in [0.3, 0.4) is 0 Å². The van der Waals surface area contributed by atoms with Gasteiger partial charge < -0.3 is 0 Å². The summed E-state index contributed by atoms with van der Waals surface area (Å²) < 4.78 is 0. The topological polar surface area (TPSA) is 0 Å². The Morgan fingerprint density at radius 2 is 1.43 bits per heavy atom. The van der Waals surface area contributed by atoms with Crippen molar-refractivity contribution in [3.63, 3.8) is 0 Å². The monoisotopic (exact) mass is 192 g/mol. The Hall–Kier alpha value is 0. The summed E-state index contributed by atoms with van der Waals surface area (Å²) in [6, 6.07) is 0. The maximum atomic E-state index is 2.42. The molecule has 3 unspecified atom stereocenters. The largest absolute Gasteiger partial charge is 0.0625 e. The summed E-state index contributed by atoms with van der Waals surface area (Å²) >= 11 is 0. The second kappa shape index (κ2) is 2.57. The Kier molecular flexibility index (Phi) is 1.70. The van der Waals surface area contributed by atoms with Crippen LogP contribution < -0.4 is 0 Å². The summed E-state index contributed by atoms with van der Waals surface area (Å²) in [6.45, 7) is 9.68. The van der Waals surface area contributed by atoms with Gasteiger partial charge in [-0.15, -0.1) is 0 Å². The molecular weight excluding hydrogens is 168 g/mol. The number of fused-ring (bicyclic) bond motifs is 1. The lowest BCUT2D eigenvalue weighted by Crippen LogP contribution is -2.09. The molecule has 0 aromatic carbocycles. The molecule has 3 fully saturated rings. The van der Waals surface area contributed by atoms with Crippen LogP contribution >= 0.6 is 0 Å². The highest BCUT2D eigenvalue weighted by atomic mass is 14.7. The van der Waals surface area contributed by atoms with Crippen molar-refractivity contribution >= 4 is 0 Å². The third kappa shape index (κ3) is 1.06. The quantitative estimate of drug-likeness (QED) is 0.621. The van der Waals surface area contributed by atoms with Gasteiger partial charge in [-0.05, 0) is 60.2 Å². The van der Waals surface area contributed by atoms with Crippen LogP contribution in [-0.4, -0.2) is 0 Å². The highest BCUT2D eigenvalue weighted by Crippen LogP contribution is 2.77. The Labute approximate surface area is 88.5 Å². The van der Waals surface area contributed by atoms with Gasteiger partial charge in [0.15, 0.2) is 0 Å². The maximum Gasteiger partial charge on any atom is -0.0258 e. The van der Waals surface area contributed by atoms with E-state index in [1.807, 2.05) is 0 Å². The molecular formula is C14H24. The molecule has 14 heavy (non-hydrogen) atoms. The minimum absolute atomic E-state index is 0.870. The molecule has 0 aliphatic heterocycles. The lowest BCUT2D eigenvalue weighted by Gasteiger charge is -2.17. The van der Waals surface area contributed by atoms with Crippen molar-refractivity contribution < 1.29 is 0 Å². The van der Waals surface area contributed by atoms with Crippen LogP contribution in [0.15, 0.2) is 0 Å². The second-order valence-corrected chi connectivity index (χ2v) is 6.97. The second-order valence-electron chi connectivity index (χ2n) is 6.97. The molecule has 1 spiro atoms. The molecule has 0 saturated heterocycles. The third-order valence-electron chi connectivity index (χ3n) is 5.51. The number of rotatable bonds is 2. The van der Waals surface area contributed by atoms with Crippen LogP contribution in [0.5, 0.6) is 0 Å². The molecule has 0 aromatic heterocycles. The summed E-state index contributed by atoms with van der Waals surface area (Å²) in [4.78, 5) is 0. The normalized spacial score (nSPS) is 54.4. The standard InChI is InChI=1S/C14H24/c1-8(2)12-7-14(12)5-10-11(6-14)13(10)9(3)4/h8-13H,5-7H2,1-4H3. The zero-order valence-electron chi connectivity index (χ0n) is 10.1. The Bertz CT molecular complexity index is 239. The molecule has 0 N–H and O–H groups in total. The van der Waals surface area contributed by atoms with Crippen LogP contribution in [0.4, 0.5) is 0 Å². The molecule has 3 aliphatic carbocycles. The van der Waals surface area contributed by atoms with Gasteiger partial charge in [0.2, 0.25) is 0 Å². The molecule has 0 heteroatoms. The molecule has 0 radical (unpaired) electrons. The summed E-state index contributed by atoms with van der Waals surface area (Å²) in [6.07, 6.45) is 4.77. The van der Waals surface area contributed by atoms with Gasteiger partial charge in [-0.25, -0.2) is 0 Å². The third-order valence-corrected chi connectivity index (χ3v) is 5.51. The summed E-state index contributed by atoms with van der Waals surface area (Å²) in [5.41, 5.74) is 0.870. The van der Waals surface area contributed by atoms with Crippen molar-refractivity contribution in [2.24, 2.45) is 40.9 Å². The van der Waals surface area contributed by atoms with Gasteiger partial charge in [-0.2, -0.15) is 0 Å². The first-order valence-electron chi connectivity index (χ1n) is 6.55. The van der Waals surface area contributed by atoms with E-state index in [-0.39, 0.29) is 0 Å². The molecule has 0 amide bonds. The molecule has 3 rings (SSSR count). The number of hydrogen-bond acceptors (Lipinski definition) is 0. The predicted molar refractivity (Wildman–Crippen MR) is 59.9 cm³/mol. The highest BCUT2D eigenvalue weighted by molar-refractivity contribution is 5.18. The van der Waals surface area contributed by atoms with Crippen LogP contribution in [0.2, 0.25) is 0 Å². The summed E-state index contributed by atoms with van der Waals surface area (Å²) in [5, 5.41) is 0. The Morgan fingerprint density at radius 3 is 1.79 bits per heavy atom. The van der Waals surface area contributed by atoms with Crippen LogP contribution in [0, 0.1) is 40.9 Å². The first-order chi connectivity index (χ1) is 6.55. The van der Waals surface area contributed by atoms with Crippen LogP contribution in [0.1, 0.15) is 47.0 Å². The minimum Gasteiger partial charge on any atom is -0.0625 e. The van der Waals surface area contributed by atoms with Crippen molar-refractivity contribution in [1.82, 2.24) is 0 Å². The molecule has 0 aromatic rings. The highest BCUT2D eigenvalue weighted by Gasteiger charge is 2.69. The van der Waals surface area contributed by atoms with Gasteiger partial charge in [0, 0.05) is 0 Å². The fraction of sp³-hybridized carbons (Fsp3) is 1.00. The van der Waals surface area contributed by atoms with E-state index in [1.165, 1.54) is 0 Å². The van der Waals surface area contributed by atoms with Crippen molar-refractivity contribution in [3.8, 4) is 0 Å².